The number of piperidine rings is 1. The number of anilines is 1. The first-order valence-electron chi connectivity index (χ1n) is 11.1. The number of hydrogen-bond acceptors (Lipinski definition) is 4. The molecule has 0 saturated carbocycles. The maximum Gasteiger partial charge on any atom is 0.142 e. The van der Waals surface area contributed by atoms with Gasteiger partial charge in [-0.15, -0.1) is 0 Å². The topological polar surface area (TPSA) is 70.8 Å². The number of benzene rings is 2. The minimum Gasteiger partial charge on any atom is -0.367 e. The van der Waals surface area contributed by atoms with E-state index in [1.807, 2.05) is 18.5 Å². The highest BCUT2D eigenvalue weighted by Gasteiger charge is 2.30. The second-order valence-electron chi connectivity index (χ2n) is 8.98. The van der Waals surface area contributed by atoms with Gasteiger partial charge in [0.1, 0.15) is 12.0 Å². The van der Waals surface area contributed by atoms with Gasteiger partial charge in [0, 0.05) is 30.5 Å². The average molecular weight is 430 g/mol. The van der Waals surface area contributed by atoms with Crippen molar-refractivity contribution in [2.24, 2.45) is 5.73 Å². The molecule has 0 bridgehead atoms. The minimum absolute atomic E-state index is 0.259. The van der Waals surface area contributed by atoms with Crippen molar-refractivity contribution in [1.29, 1.82) is 0 Å². The van der Waals surface area contributed by atoms with Crippen LogP contribution in [-0.4, -0.2) is 40.3 Å². The van der Waals surface area contributed by atoms with Crippen LogP contribution in [0.5, 0.6) is 0 Å². The summed E-state index contributed by atoms with van der Waals surface area (Å²) in [6.45, 7) is 7.19. The van der Waals surface area contributed by atoms with Crippen molar-refractivity contribution in [3.8, 4) is 22.5 Å². The van der Waals surface area contributed by atoms with Crippen LogP contribution in [0.15, 0.2) is 48.8 Å². The standard InChI is InChI=1S/C26H28FN5/c1-15-4-5-23-24(11-15)31-26(30-23)20-13-29-12-19(18-9-16(2)8-17(3)10-18)25(20)32-7-6-22(28)21(27)14-32/h4-5,8-13,21-22H,6-7,14,28H2,1-3H3,(H,30,31)/t21-,22+/m0/s1. The summed E-state index contributed by atoms with van der Waals surface area (Å²) < 4.78 is 14.7. The smallest absolute Gasteiger partial charge is 0.142 e. The van der Waals surface area contributed by atoms with Crippen molar-refractivity contribution in [2.45, 2.75) is 39.4 Å². The zero-order chi connectivity index (χ0) is 22.4. The van der Waals surface area contributed by atoms with Gasteiger partial charge in [0.25, 0.3) is 0 Å². The van der Waals surface area contributed by atoms with E-state index in [2.05, 4.69) is 66.0 Å². The first kappa shape index (κ1) is 20.6. The van der Waals surface area contributed by atoms with Crippen LogP contribution in [0.1, 0.15) is 23.1 Å². The second-order valence-corrected chi connectivity index (χ2v) is 8.98. The van der Waals surface area contributed by atoms with Crippen LogP contribution in [0.3, 0.4) is 0 Å². The molecule has 0 unspecified atom stereocenters. The Morgan fingerprint density at radius 1 is 1.00 bits per heavy atom. The Morgan fingerprint density at radius 3 is 2.50 bits per heavy atom. The maximum atomic E-state index is 14.7. The predicted octanol–water partition coefficient (Wildman–Crippen LogP) is 5.09. The molecular formula is C26H28FN5. The molecule has 1 aliphatic rings. The fourth-order valence-electron chi connectivity index (χ4n) is 4.69. The van der Waals surface area contributed by atoms with Crippen LogP contribution in [0.25, 0.3) is 33.5 Å². The highest BCUT2D eigenvalue weighted by Crippen LogP contribution is 2.40. The van der Waals surface area contributed by atoms with Crippen molar-refractivity contribution in [3.63, 3.8) is 0 Å². The number of imidazole rings is 1. The Balaban J connectivity index is 1.72. The molecule has 3 N–H and O–H groups in total. The fourth-order valence-corrected chi connectivity index (χ4v) is 4.69. The summed E-state index contributed by atoms with van der Waals surface area (Å²) in [5.74, 6) is 0.740. The number of fused-ring (bicyclic) bond motifs is 1. The number of rotatable bonds is 3. The minimum atomic E-state index is -1.07. The highest BCUT2D eigenvalue weighted by molar-refractivity contribution is 5.91. The number of aryl methyl sites for hydroxylation is 3. The van der Waals surface area contributed by atoms with E-state index in [9.17, 15) is 4.39 Å². The first-order valence-corrected chi connectivity index (χ1v) is 11.1. The Hall–Kier alpha value is -3.25. The number of aromatic amines is 1. The van der Waals surface area contributed by atoms with Crippen LogP contribution < -0.4 is 10.6 Å². The maximum absolute atomic E-state index is 14.7. The molecule has 1 aliphatic heterocycles. The number of alkyl halides is 1. The summed E-state index contributed by atoms with van der Waals surface area (Å²) in [7, 11) is 0. The van der Waals surface area contributed by atoms with E-state index in [-0.39, 0.29) is 6.54 Å². The summed E-state index contributed by atoms with van der Waals surface area (Å²) >= 11 is 0. The van der Waals surface area contributed by atoms with Crippen molar-refractivity contribution in [2.75, 3.05) is 18.0 Å². The number of nitrogens with two attached hydrogens (primary N) is 1. The van der Waals surface area contributed by atoms with Crippen LogP contribution in [0.2, 0.25) is 0 Å². The highest BCUT2D eigenvalue weighted by atomic mass is 19.1. The molecule has 0 spiro atoms. The Labute approximate surface area is 187 Å². The monoisotopic (exact) mass is 429 g/mol. The van der Waals surface area contributed by atoms with Gasteiger partial charge >= 0.3 is 0 Å². The lowest BCUT2D eigenvalue weighted by molar-refractivity contribution is 0.251. The predicted molar refractivity (Wildman–Crippen MR) is 129 cm³/mol. The van der Waals surface area contributed by atoms with Crippen LogP contribution in [0, 0.1) is 20.8 Å². The van der Waals surface area contributed by atoms with Gasteiger partial charge in [-0.3, -0.25) is 4.98 Å². The molecule has 1 saturated heterocycles. The third-order valence-electron chi connectivity index (χ3n) is 6.25. The quantitative estimate of drug-likeness (QED) is 0.476. The zero-order valence-corrected chi connectivity index (χ0v) is 18.7. The molecule has 4 aromatic rings. The van der Waals surface area contributed by atoms with E-state index in [0.717, 1.165) is 39.2 Å². The van der Waals surface area contributed by atoms with Gasteiger partial charge in [0.15, 0.2) is 0 Å². The fraction of sp³-hybridized carbons (Fsp3) is 0.308. The van der Waals surface area contributed by atoms with Gasteiger partial charge in [-0.2, -0.15) is 0 Å². The zero-order valence-electron chi connectivity index (χ0n) is 18.7. The summed E-state index contributed by atoms with van der Waals surface area (Å²) in [6, 6.07) is 12.2. The van der Waals surface area contributed by atoms with Crippen LogP contribution in [0.4, 0.5) is 10.1 Å². The molecule has 5 nitrogen and oxygen atoms in total. The molecule has 2 aromatic carbocycles. The number of H-pyrrole nitrogens is 1. The molecule has 3 heterocycles. The number of nitrogens with one attached hydrogen (secondary N) is 1. The Morgan fingerprint density at radius 2 is 1.75 bits per heavy atom. The Bertz CT molecular complexity index is 1270. The van der Waals surface area contributed by atoms with Gasteiger partial charge in [0.2, 0.25) is 0 Å². The Kier molecular flexibility index (Phi) is 5.18. The van der Waals surface area contributed by atoms with Gasteiger partial charge in [0.05, 0.1) is 28.8 Å². The average Bonchev–Trinajstić information content (AvgIpc) is 3.17. The summed E-state index contributed by atoms with van der Waals surface area (Å²) in [4.78, 5) is 15.0. The van der Waals surface area contributed by atoms with Crippen molar-refractivity contribution in [1.82, 2.24) is 15.0 Å². The van der Waals surface area contributed by atoms with Crippen molar-refractivity contribution >= 4 is 16.7 Å². The van der Waals surface area contributed by atoms with E-state index >= 15 is 0 Å². The van der Waals surface area contributed by atoms with E-state index in [0.29, 0.717) is 13.0 Å². The van der Waals surface area contributed by atoms with E-state index in [4.69, 9.17) is 10.7 Å². The first-order chi connectivity index (χ1) is 15.4. The third kappa shape index (κ3) is 3.75. The molecule has 0 aliphatic carbocycles. The molecular weight excluding hydrogens is 401 g/mol. The summed E-state index contributed by atoms with van der Waals surface area (Å²) in [6.07, 6.45) is 3.24. The molecule has 32 heavy (non-hydrogen) atoms. The lowest BCUT2D eigenvalue weighted by atomic mass is 9.96. The number of pyridine rings is 1. The summed E-state index contributed by atoms with van der Waals surface area (Å²) in [5.41, 5.74) is 15.3. The van der Waals surface area contributed by atoms with Crippen molar-refractivity contribution in [3.05, 3.63) is 65.5 Å². The molecule has 0 radical (unpaired) electrons. The number of halogens is 1. The third-order valence-corrected chi connectivity index (χ3v) is 6.25. The van der Waals surface area contributed by atoms with Crippen LogP contribution >= 0.6 is 0 Å². The van der Waals surface area contributed by atoms with Gasteiger partial charge in [-0.25, -0.2) is 9.37 Å². The van der Waals surface area contributed by atoms with E-state index in [1.165, 1.54) is 16.7 Å². The molecule has 1 fully saturated rings. The lowest BCUT2D eigenvalue weighted by Gasteiger charge is -2.36. The van der Waals surface area contributed by atoms with Crippen molar-refractivity contribution < 1.29 is 4.39 Å². The van der Waals surface area contributed by atoms with Gasteiger partial charge < -0.3 is 15.6 Å². The largest absolute Gasteiger partial charge is 0.367 e. The number of aromatic nitrogens is 3. The molecule has 164 valence electrons. The molecule has 2 atom stereocenters. The van der Waals surface area contributed by atoms with Crippen LogP contribution in [-0.2, 0) is 0 Å². The van der Waals surface area contributed by atoms with E-state index in [1.54, 1.807) is 0 Å². The SMILES string of the molecule is Cc1cc(C)cc(-c2cncc(-c3nc4ccc(C)cc4[nH]3)c2N2CC[C@@H](N)[C@@H](F)C2)c1. The number of nitrogens with zero attached hydrogens (tertiary/aromatic N) is 3. The molecule has 6 heteroatoms. The normalized spacial score (nSPS) is 19.0. The molecule has 2 aromatic heterocycles. The van der Waals surface area contributed by atoms with Gasteiger partial charge in [-0.05, 0) is 50.5 Å². The molecule has 0 amide bonds. The molecule has 5 rings (SSSR count). The number of hydrogen-bond donors (Lipinski definition) is 2. The lowest BCUT2D eigenvalue weighted by Crippen LogP contribution is -2.49. The van der Waals surface area contributed by atoms with E-state index < -0.39 is 12.2 Å². The second kappa shape index (κ2) is 8.02. The van der Waals surface area contributed by atoms with Gasteiger partial charge in [-0.1, -0.05) is 35.4 Å². The summed E-state index contributed by atoms with van der Waals surface area (Å²) in [5, 5.41) is 0.